The molecule has 0 saturated carbocycles. The van der Waals surface area contributed by atoms with Crippen molar-refractivity contribution < 1.29 is 9.18 Å². The van der Waals surface area contributed by atoms with Crippen LogP contribution in [0.2, 0.25) is 5.02 Å². The first-order chi connectivity index (χ1) is 15.0. The molecule has 0 aliphatic carbocycles. The van der Waals surface area contributed by atoms with Gasteiger partial charge in [0.15, 0.2) is 5.96 Å². The van der Waals surface area contributed by atoms with Crippen molar-refractivity contribution in [1.29, 1.82) is 0 Å². The summed E-state index contributed by atoms with van der Waals surface area (Å²) in [5, 5.41) is 6.70. The molecule has 2 aromatic carbocycles. The Bertz CT molecular complexity index is 1020. The lowest BCUT2D eigenvalue weighted by atomic mass is 9.95. The van der Waals surface area contributed by atoms with E-state index < -0.39 is 11.7 Å². The molecule has 1 amide bonds. The minimum absolute atomic E-state index is 0.159. The van der Waals surface area contributed by atoms with Gasteiger partial charge in [-0.25, -0.2) is 9.38 Å². The van der Waals surface area contributed by atoms with E-state index >= 15 is 0 Å². The van der Waals surface area contributed by atoms with Gasteiger partial charge in [-0.05, 0) is 88.1 Å². The molecule has 170 valence electrons. The van der Waals surface area contributed by atoms with Gasteiger partial charge in [-0.15, -0.1) is 0 Å². The van der Waals surface area contributed by atoms with Crippen molar-refractivity contribution in [3.05, 3.63) is 88.7 Å². The predicted molar refractivity (Wildman–Crippen MR) is 133 cm³/mol. The summed E-state index contributed by atoms with van der Waals surface area (Å²) in [6, 6.07) is 13.1. The zero-order valence-electron chi connectivity index (χ0n) is 19.3. The van der Waals surface area contributed by atoms with Crippen molar-refractivity contribution in [2.24, 2.45) is 4.99 Å². The van der Waals surface area contributed by atoms with Gasteiger partial charge in [-0.3, -0.25) is 10.1 Å². The standard InChI is InChI=1S/C26H31ClFN3O/c1-7-17(2)23(19-11-13-21(27)14-12-19)15-18(3)29-25(31-26(4,5)6)30-24(32)20-9-8-10-22(28)16-20/h7-14,16,18H,1,15H2,2-6H3,(H2,29,30,31,32)/b23-17-. The molecule has 2 rings (SSSR count). The van der Waals surface area contributed by atoms with Gasteiger partial charge in [-0.2, -0.15) is 0 Å². The van der Waals surface area contributed by atoms with Crippen LogP contribution >= 0.6 is 11.6 Å². The highest BCUT2D eigenvalue weighted by Gasteiger charge is 2.18. The van der Waals surface area contributed by atoms with E-state index in [0.717, 1.165) is 16.7 Å². The number of benzene rings is 2. The lowest BCUT2D eigenvalue weighted by Gasteiger charge is -2.25. The van der Waals surface area contributed by atoms with Crippen LogP contribution in [0.3, 0.4) is 0 Å². The highest BCUT2D eigenvalue weighted by atomic mass is 35.5. The van der Waals surface area contributed by atoms with E-state index in [1.165, 1.54) is 18.2 Å². The number of hydrogen-bond acceptors (Lipinski definition) is 2. The quantitative estimate of drug-likeness (QED) is 0.301. The Morgan fingerprint density at radius 1 is 1.19 bits per heavy atom. The fourth-order valence-corrected chi connectivity index (χ4v) is 3.23. The number of halogens is 2. The highest BCUT2D eigenvalue weighted by molar-refractivity contribution is 6.30. The van der Waals surface area contributed by atoms with Crippen molar-refractivity contribution in [3.63, 3.8) is 0 Å². The van der Waals surface area contributed by atoms with Crippen molar-refractivity contribution in [3.8, 4) is 0 Å². The molecule has 1 atom stereocenters. The Morgan fingerprint density at radius 3 is 2.41 bits per heavy atom. The zero-order chi connectivity index (χ0) is 23.9. The van der Waals surface area contributed by atoms with Gasteiger partial charge in [0, 0.05) is 16.1 Å². The minimum Gasteiger partial charge on any atom is -0.351 e. The first-order valence-electron chi connectivity index (χ1n) is 10.5. The van der Waals surface area contributed by atoms with Crippen molar-refractivity contribution in [1.82, 2.24) is 10.6 Å². The summed E-state index contributed by atoms with van der Waals surface area (Å²) in [5.41, 5.74) is 3.08. The molecule has 2 aromatic rings. The average molecular weight is 456 g/mol. The summed E-state index contributed by atoms with van der Waals surface area (Å²) in [4.78, 5) is 17.4. The normalized spacial score (nSPS) is 13.8. The van der Waals surface area contributed by atoms with Gasteiger partial charge in [0.05, 0.1) is 6.04 Å². The van der Waals surface area contributed by atoms with Crippen LogP contribution in [0, 0.1) is 5.82 Å². The first kappa shape index (κ1) is 25.3. The molecule has 0 fully saturated rings. The Balaban J connectivity index is 2.30. The number of carbonyl (C=O) groups is 1. The van der Waals surface area contributed by atoms with Gasteiger partial charge in [0.2, 0.25) is 0 Å². The number of aliphatic imine (C=N–C) groups is 1. The zero-order valence-corrected chi connectivity index (χ0v) is 20.1. The Morgan fingerprint density at radius 2 is 1.84 bits per heavy atom. The molecule has 32 heavy (non-hydrogen) atoms. The minimum atomic E-state index is -0.467. The van der Waals surface area contributed by atoms with E-state index in [9.17, 15) is 9.18 Å². The molecule has 0 aliphatic rings. The third-order valence-corrected chi connectivity index (χ3v) is 4.89. The summed E-state index contributed by atoms with van der Waals surface area (Å²) in [7, 11) is 0. The second-order valence-electron chi connectivity index (χ2n) is 8.74. The van der Waals surface area contributed by atoms with Crippen molar-refractivity contribution in [2.45, 2.75) is 52.6 Å². The van der Waals surface area contributed by atoms with E-state index in [1.807, 2.05) is 65.0 Å². The number of carbonyl (C=O) groups excluding carboxylic acids is 1. The second kappa shape index (κ2) is 11.1. The summed E-state index contributed by atoms with van der Waals surface area (Å²) in [5.74, 6) is -0.556. The molecule has 0 aromatic heterocycles. The Kier molecular flexibility index (Phi) is 8.79. The topological polar surface area (TPSA) is 53.5 Å². The third kappa shape index (κ3) is 7.97. The van der Waals surface area contributed by atoms with Gasteiger partial charge < -0.3 is 5.32 Å². The predicted octanol–water partition coefficient (Wildman–Crippen LogP) is 6.39. The fourth-order valence-electron chi connectivity index (χ4n) is 3.10. The summed E-state index contributed by atoms with van der Waals surface area (Å²) >= 11 is 6.04. The van der Waals surface area contributed by atoms with Crippen molar-refractivity contribution in [2.75, 3.05) is 0 Å². The van der Waals surface area contributed by atoms with Crippen LogP contribution in [-0.4, -0.2) is 23.4 Å². The van der Waals surface area contributed by atoms with Crippen LogP contribution in [0.5, 0.6) is 0 Å². The molecule has 4 nitrogen and oxygen atoms in total. The summed E-state index contributed by atoms with van der Waals surface area (Å²) < 4.78 is 13.5. The molecule has 1 unspecified atom stereocenters. The van der Waals surface area contributed by atoms with E-state index in [1.54, 1.807) is 6.07 Å². The van der Waals surface area contributed by atoms with E-state index in [0.29, 0.717) is 17.4 Å². The molecule has 0 bridgehead atoms. The first-order valence-corrected chi connectivity index (χ1v) is 10.9. The van der Waals surface area contributed by atoms with Gasteiger partial charge in [-0.1, -0.05) is 42.5 Å². The number of amides is 1. The maximum atomic E-state index is 13.5. The van der Waals surface area contributed by atoms with Crippen LogP contribution < -0.4 is 10.6 Å². The number of allylic oxidation sites excluding steroid dienone is 2. The molecular weight excluding hydrogens is 425 g/mol. The fraction of sp³-hybridized carbons (Fsp3) is 0.308. The summed E-state index contributed by atoms with van der Waals surface area (Å²) in [6.45, 7) is 13.8. The SMILES string of the molecule is C=C/C(C)=C(/CC(C)N=C(NC(=O)c1cccc(F)c1)NC(C)(C)C)c1ccc(Cl)cc1. The van der Waals surface area contributed by atoms with Crippen LogP contribution in [0.25, 0.3) is 5.57 Å². The third-order valence-electron chi connectivity index (χ3n) is 4.64. The number of guanidine groups is 1. The highest BCUT2D eigenvalue weighted by Crippen LogP contribution is 2.26. The van der Waals surface area contributed by atoms with E-state index in [2.05, 4.69) is 17.2 Å². The Labute approximate surface area is 195 Å². The molecule has 6 heteroatoms. The number of nitrogens with zero attached hydrogens (tertiary/aromatic N) is 1. The Hall–Kier alpha value is -2.92. The molecule has 0 heterocycles. The maximum absolute atomic E-state index is 13.5. The molecule has 0 radical (unpaired) electrons. The van der Waals surface area contributed by atoms with Crippen molar-refractivity contribution >= 4 is 29.0 Å². The van der Waals surface area contributed by atoms with Crippen LogP contribution in [0.15, 0.2) is 71.8 Å². The average Bonchev–Trinajstić information content (AvgIpc) is 2.71. The van der Waals surface area contributed by atoms with Crippen LogP contribution in [-0.2, 0) is 0 Å². The number of hydrogen-bond donors (Lipinski definition) is 2. The molecule has 0 saturated heterocycles. The molecular formula is C26H31ClFN3O. The van der Waals surface area contributed by atoms with E-state index in [-0.39, 0.29) is 17.1 Å². The lowest BCUT2D eigenvalue weighted by molar-refractivity contribution is 0.0974. The largest absolute Gasteiger partial charge is 0.351 e. The lowest BCUT2D eigenvalue weighted by Crippen LogP contribution is -2.49. The van der Waals surface area contributed by atoms with Gasteiger partial charge in [0.1, 0.15) is 5.82 Å². The number of rotatable bonds is 6. The van der Waals surface area contributed by atoms with Crippen LogP contribution in [0.1, 0.15) is 57.0 Å². The van der Waals surface area contributed by atoms with Gasteiger partial charge in [0.25, 0.3) is 5.91 Å². The monoisotopic (exact) mass is 455 g/mol. The molecule has 2 N–H and O–H groups in total. The van der Waals surface area contributed by atoms with Gasteiger partial charge >= 0.3 is 0 Å². The molecule has 0 spiro atoms. The smallest absolute Gasteiger partial charge is 0.258 e. The summed E-state index contributed by atoms with van der Waals surface area (Å²) in [6.07, 6.45) is 2.45. The van der Waals surface area contributed by atoms with Crippen LogP contribution in [0.4, 0.5) is 4.39 Å². The molecule has 0 aliphatic heterocycles. The maximum Gasteiger partial charge on any atom is 0.258 e. The second-order valence-corrected chi connectivity index (χ2v) is 9.18. The number of nitrogens with one attached hydrogen (secondary N) is 2. The van der Waals surface area contributed by atoms with E-state index in [4.69, 9.17) is 16.6 Å².